The predicted octanol–water partition coefficient (Wildman–Crippen LogP) is 2.05. The molecule has 7 heteroatoms. The van der Waals surface area contributed by atoms with Crippen LogP contribution in [0.3, 0.4) is 0 Å². The van der Waals surface area contributed by atoms with Gasteiger partial charge in [0.2, 0.25) is 10.0 Å². The van der Waals surface area contributed by atoms with E-state index in [0.717, 1.165) is 44.6 Å². The van der Waals surface area contributed by atoms with Crippen LogP contribution in [0.2, 0.25) is 0 Å². The molecule has 0 amide bonds. The number of hydrogen-bond donors (Lipinski definition) is 2. The van der Waals surface area contributed by atoms with Crippen molar-refractivity contribution in [1.29, 1.82) is 0 Å². The molecule has 1 aliphatic rings. The quantitative estimate of drug-likeness (QED) is 0.795. The van der Waals surface area contributed by atoms with Crippen molar-refractivity contribution in [3.05, 3.63) is 18.3 Å². The summed E-state index contributed by atoms with van der Waals surface area (Å²) in [6, 6.07) is 3.75. The van der Waals surface area contributed by atoms with Crippen molar-refractivity contribution in [3.63, 3.8) is 0 Å². The smallest absolute Gasteiger partial charge is 0.242 e. The van der Waals surface area contributed by atoms with Gasteiger partial charge in [0.05, 0.1) is 0 Å². The number of hydrogen-bond acceptors (Lipinski definition) is 5. The third-order valence-corrected chi connectivity index (χ3v) is 5.93. The molecule has 0 spiro atoms. The second-order valence-corrected chi connectivity index (χ2v) is 7.95. The van der Waals surface area contributed by atoms with Crippen LogP contribution < -0.4 is 10.0 Å². The summed E-state index contributed by atoms with van der Waals surface area (Å²) >= 11 is 0. The maximum absolute atomic E-state index is 12.3. The molecule has 2 heterocycles. The Morgan fingerprint density at radius 3 is 2.43 bits per heavy atom. The van der Waals surface area contributed by atoms with Crippen molar-refractivity contribution < 1.29 is 8.42 Å². The fourth-order valence-electron chi connectivity index (χ4n) is 2.73. The summed E-state index contributed by atoms with van der Waals surface area (Å²) < 4.78 is 27.4. The Morgan fingerprint density at radius 2 is 1.91 bits per heavy atom. The van der Waals surface area contributed by atoms with Gasteiger partial charge in [-0.3, -0.25) is 0 Å². The number of likely N-dealkylation sites (tertiary alicyclic amines) is 1. The first-order chi connectivity index (χ1) is 10.9. The molecule has 1 fully saturated rings. The van der Waals surface area contributed by atoms with E-state index in [-0.39, 0.29) is 10.9 Å². The summed E-state index contributed by atoms with van der Waals surface area (Å²) in [6.07, 6.45) is 5.14. The molecule has 0 bridgehead atoms. The lowest BCUT2D eigenvalue weighted by Gasteiger charge is -2.29. The molecule has 0 radical (unpaired) electrons. The lowest BCUT2D eigenvalue weighted by Crippen LogP contribution is -2.37. The number of aromatic nitrogens is 1. The van der Waals surface area contributed by atoms with Crippen molar-refractivity contribution in [1.82, 2.24) is 14.6 Å². The first-order valence-corrected chi connectivity index (χ1v) is 9.86. The van der Waals surface area contributed by atoms with Gasteiger partial charge in [-0.15, -0.1) is 0 Å². The van der Waals surface area contributed by atoms with Gasteiger partial charge in [0, 0.05) is 18.3 Å². The highest BCUT2D eigenvalue weighted by Gasteiger charge is 2.19. The van der Waals surface area contributed by atoms with Crippen LogP contribution in [-0.2, 0) is 10.0 Å². The van der Waals surface area contributed by atoms with E-state index in [9.17, 15) is 8.42 Å². The number of nitrogens with zero attached hydrogens (tertiary/aromatic N) is 2. The molecule has 130 valence electrons. The lowest BCUT2D eigenvalue weighted by atomic mass is 10.1. The summed E-state index contributed by atoms with van der Waals surface area (Å²) in [5.41, 5.74) is 0. The monoisotopic (exact) mass is 340 g/mol. The Kier molecular flexibility index (Phi) is 6.38. The molecular formula is C16H28N4O2S. The molecule has 2 N–H and O–H groups in total. The van der Waals surface area contributed by atoms with Crippen LogP contribution in [-0.4, -0.2) is 50.5 Å². The van der Waals surface area contributed by atoms with Gasteiger partial charge in [0.25, 0.3) is 0 Å². The number of sulfonamides is 1. The molecule has 1 aliphatic heterocycles. The Bertz CT molecular complexity index is 577. The minimum Gasteiger partial charge on any atom is -0.367 e. The van der Waals surface area contributed by atoms with Gasteiger partial charge in [-0.2, -0.15) is 0 Å². The van der Waals surface area contributed by atoms with E-state index >= 15 is 0 Å². The number of rotatable bonds is 7. The topological polar surface area (TPSA) is 74.3 Å². The molecular weight excluding hydrogens is 312 g/mol. The molecule has 6 nitrogen and oxygen atoms in total. The normalized spacial score (nSPS) is 17.6. The van der Waals surface area contributed by atoms with Crippen molar-refractivity contribution in [3.8, 4) is 0 Å². The number of nitrogens with one attached hydrogen (secondary N) is 2. The average Bonchev–Trinajstić information content (AvgIpc) is 2.55. The largest absolute Gasteiger partial charge is 0.367 e. The molecule has 2 rings (SSSR count). The Labute approximate surface area is 139 Å². The van der Waals surface area contributed by atoms with Crippen LogP contribution in [0.4, 0.5) is 5.82 Å². The zero-order valence-corrected chi connectivity index (χ0v) is 15.1. The highest BCUT2D eigenvalue weighted by Crippen LogP contribution is 2.16. The maximum Gasteiger partial charge on any atom is 0.242 e. The van der Waals surface area contributed by atoms with E-state index in [1.165, 1.54) is 6.20 Å². The molecule has 1 saturated heterocycles. The minimum atomic E-state index is -3.49. The van der Waals surface area contributed by atoms with Gasteiger partial charge in [-0.1, -0.05) is 13.8 Å². The second-order valence-electron chi connectivity index (χ2n) is 6.24. The standard InChI is InChI=1S/C16H28N4O2S/c1-4-13(5-2)19-23(21,22)15-6-7-16(17-12-15)18-14-8-10-20(3)11-9-14/h6-7,12-14,19H,4-5,8-11H2,1-3H3,(H,17,18). The van der Waals surface area contributed by atoms with Crippen LogP contribution in [0.15, 0.2) is 23.2 Å². The van der Waals surface area contributed by atoms with Crippen LogP contribution in [0.25, 0.3) is 0 Å². The Morgan fingerprint density at radius 1 is 1.26 bits per heavy atom. The number of piperidine rings is 1. The maximum atomic E-state index is 12.3. The van der Waals surface area contributed by atoms with Crippen LogP contribution in [0, 0.1) is 0 Å². The van der Waals surface area contributed by atoms with Crippen molar-refractivity contribution in [2.24, 2.45) is 0 Å². The minimum absolute atomic E-state index is 0.0305. The summed E-state index contributed by atoms with van der Waals surface area (Å²) in [5.74, 6) is 0.737. The SMILES string of the molecule is CCC(CC)NS(=O)(=O)c1ccc(NC2CCN(C)CC2)nc1. The molecule has 0 unspecified atom stereocenters. The Hall–Kier alpha value is -1.18. The van der Waals surface area contributed by atoms with Gasteiger partial charge >= 0.3 is 0 Å². The van der Waals surface area contributed by atoms with E-state index < -0.39 is 10.0 Å². The molecule has 0 aromatic carbocycles. The lowest BCUT2D eigenvalue weighted by molar-refractivity contribution is 0.263. The highest BCUT2D eigenvalue weighted by molar-refractivity contribution is 7.89. The van der Waals surface area contributed by atoms with Gasteiger partial charge in [0.15, 0.2) is 0 Å². The predicted molar refractivity (Wildman–Crippen MR) is 93.1 cm³/mol. The number of anilines is 1. The Balaban J connectivity index is 1.98. The summed E-state index contributed by atoms with van der Waals surface area (Å²) in [7, 11) is -1.36. The van der Waals surface area contributed by atoms with E-state index in [1.54, 1.807) is 12.1 Å². The summed E-state index contributed by atoms with van der Waals surface area (Å²) in [5, 5.41) is 3.39. The van der Waals surface area contributed by atoms with Crippen LogP contribution >= 0.6 is 0 Å². The van der Waals surface area contributed by atoms with Gasteiger partial charge in [-0.05, 0) is 58.0 Å². The van der Waals surface area contributed by atoms with Crippen molar-refractivity contribution in [2.75, 3.05) is 25.5 Å². The molecule has 0 atom stereocenters. The summed E-state index contributed by atoms with van der Waals surface area (Å²) in [4.78, 5) is 6.80. The molecule has 0 aliphatic carbocycles. The van der Waals surface area contributed by atoms with E-state index in [4.69, 9.17) is 0 Å². The third-order valence-electron chi connectivity index (χ3n) is 4.42. The van der Waals surface area contributed by atoms with E-state index in [2.05, 4.69) is 27.0 Å². The van der Waals surface area contributed by atoms with E-state index in [1.807, 2.05) is 13.8 Å². The van der Waals surface area contributed by atoms with Gasteiger partial charge in [-0.25, -0.2) is 18.1 Å². The molecule has 0 saturated carbocycles. The third kappa shape index (κ3) is 5.16. The van der Waals surface area contributed by atoms with Crippen molar-refractivity contribution in [2.45, 2.75) is 56.5 Å². The molecule has 23 heavy (non-hydrogen) atoms. The second kappa shape index (κ2) is 8.08. The zero-order chi connectivity index (χ0) is 16.9. The van der Waals surface area contributed by atoms with Gasteiger partial charge in [0.1, 0.15) is 10.7 Å². The summed E-state index contributed by atoms with van der Waals surface area (Å²) in [6.45, 7) is 6.10. The average molecular weight is 340 g/mol. The fraction of sp³-hybridized carbons (Fsp3) is 0.688. The fourth-order valence-corrected chi connectivity index (χ4v) is 4.08. The van der Waals surface area contributed by atoms with Crippen molar-refractivity contribution >= 4 is 15.8 Å². The van der Waals surface area contributed by atoms with Gasteiger partial charge < -0.3 is 10.2 Å². The van der Waals surface area contributed by atoms with Crippen LogP contribution in [0.5, 0.6) is 0 Å². The van der Waals surface area contributed by atoms with E-state index in [0.29, 0.717) is 6.04 Å². The molecule has 1 aromatic heterocycles. The molecule has 1 aromatic rings. The number of pyridine rings is 1. The van der Waals surface area contributed by atoms with Crippen LogP contribution in [0.1, 0.15) is 39.5 Å². The zero-order valence-electron chi connectivity index (χ0n) is 14.2. The first-order valence-electron chi connectivity index (χ1n) is 8.38. The first kappa shape index (κ1) is 18.2. The highest BCUT2D eigenvalue weighted by atomic mass is 32.2.